The number of piperazine rings is 1. The lowest BCUT2D eigenvalue weighted by Crippen LogP contribution is -2.53. The third-order valence-electron chi connectivity index (χ3n) is 5.97. The summed E-state index contributed by atoms with van der Waals surface area (Å²) in [4.78, 5) is 44.4. The van der Waals surface area contributed by atoms with E-state index in [1.54, 1.807) is 4.90 Å². The van der Waals surface area contributed by atoms with Crippen molar-refractivity contribution in [3.05, 3.63) is 52.5 Å². The molecule has 3 heterocycles. The van der Waals surface area contributed by atoms with Crippen LogP contribution >= 0.6 is 11.3 Å². The Morgan fingerprint density at radius 1 is 1.00 bits per heavy atom. The van der Waals surface area contributed by atoms with Gasteiger partial charge in [0, 0.05) is 45.0 Å². The SMILES string of the molecule is O=C(CN1CCN(C(=O)C2CCCN(C(=O)c3cccs3)C2)CC1)Nc1ccc(F)cc1. The van der Waals surface area contributed by atoms with Crippen LogP contribution in [-0.2, 0) is 9.59 Å². The van der Waals surface area contributed by atoms with E-state index in [9.17, 15) is 18.8 Å². The first kappa shape index (κ1) is 22.4. The monoisotopic (exact) mass is 458 g/mol. The Balaban J connectivity index is 1.23. The Bertz CT molecular complexity index is 943. The van der Waals surface area contributed by atoms with E-state index in [1.165, 1.54) is 35.6 Å². The molecule has 3 amide bonds. The topological polar surface area (TPSA) is 73.0 Å². The zero-order valence-corrected chi connectivity index (χ0v) is 18.7. The van der Waals surface area contributed by atoms with Crippen molar-refractivity contribution in [1.82, 2.24) is 14.7 Å². The van der Waals surface area contributed by atoms with E-state index in [0.29, 0.717) is 49.8 Å². The second kappa shape index (κ2) is 10.2. The van der Waals surface area contributed by atoms with Crippen molar-refractivity contribution in [2.24, 2.45) is 5.92 Å². The molecule has 2 aliphatic heterocycles. The molecule has 0 bridgehead atoms. The highest BCUT2D eigenvalue weighted by Gasteiger charge is 2.33. The van der Waals surface area contributed by atoms with Crippen molar-refractivity contribution in [2.45, 2.75) is 12.8 Å². The summed E-state index contributed by atoms with van der Waals surface area (Å²) in [5.41, 5.74) is 0.559. The van der Waals surface area contributed by atoms with Crippen LogP contribution in [0, 0.1) is 11.7 Å². The molecule has 1 unspecified atom stereocenters. The van der Waals surface area contributed by atoms with Crippen LogP contribution in [0.15, 0.2) is 41.8 Å². The number of nitrogens with zero attached hydrogens (tertiary/aromatic N) is 3. The molecule has 1 N–H and O–H groups in total. The second-order valence-corrected chi connectivity index (χ2v) is 9.17. The molecule has 7 nitrogen and oxygen atoms in total. The van der Waals surface area contributed by atoms with Crippen molar-refractivity contribution in [3.63, 3.8) is 0 Å². The smallest absolute Gasteiger partial charge is 0.263 e. The van der Waals surface area contributed by atoms with E-state index in [0.717, 1.165) is 12.8 Å². The Labute approximate surface area is 190 Å². The minimum atomic E-state index is -0.347. The number of rotatable bonds is 5. The van der Waals surface area contributed by atoms with Gasteiger partial charge in [-0.1, -0.05) is 6.07 Å². The molecule has 0 spiro atoms. The molecule has 2 saturated heterocycles. The van der Waals surface area contributed by atoms with Crippen LogP contribution in [0.5, 0.6) is 0 Å². The van der Waals surface area contributed by atoms with Gasteiger partial charge in [0.05, 0.1) is 17.3 Å². The van der Waals surface area contributed by atoms with Crippen LogP contribution in [-0.4, -0.2) is 78.2 Å². The van der Waals surface area contributed by atoms with Gasteiger partial charge >= 0.3 is 0 Å². The fourth-order valence-corrected chi connectivity index (χ4v) is 4.93. The number of amides is 3. The van der Waals surface area contributed by atoms with Crippen LogP contribution < -0.4 is 5.32 Å². The van der Waals surface area contributed by atoms with E-state index < -0.39 is 0 Å². The lowest BCUT2D eigenvalue weighted by Gasteiger charge is -2.38. The number of hydrogen-bond acceptors (Lipinski definition) is 5. The van der Waals surface area contributed by atoms with Crippen LogP contribution in [0.3, 0.4) is 0 Å². The van der Waals surface area contributed by atoms with Gasteiger partial charge in [-0.3, -0.25) is 19.3 Å². The number of carbonyl (C=O) groups excluding carboxylic acids is 3. The molecule has 32 heavy (non-hydrogen) atoms. The molecule has 1 aromatic carbocycles. The lowest BCUT2D eigenvalue weighted by atomic mass is 9.96. The summed E-state index contributed by atoms with van der Waals surface area (Å²) in [6.45, 7) is 3.76. The van der Waals surface area contributed by atoms with Crippen molar-refractivity contribution in [3.8, 4) is 0 Å². The van der Waals surface area contributed by atoms with E-state index >= 15 is 0 Å². The van der Waals surface area contributed by atoms with Gasteiger partial charge < -0.3 is 15.1 Å². The molecule has 1 aromatic heterocycles. The predicted molar refractivity (Wildman–Crippen MR) is 121 cm³/mol. The number of piperidine rings is 1. The van der Waals surface area contributed by atoms with Gasteiger partial charge in [-0.05, 0) is 48.6 Å². The highest BCUT2D eigenvalue weighted by Crippen LogP contribution is 2.23. The summed E-state index contributed by atoms with van der Waals surface area (Å²) < 4.78 is 13.0. The van der Waals surface area contributed by atoms with Crippen LogP contribution in [0.2, 0.25) is 0 Å². The largest absolute Gasteiger partial charge is 0.340 e. The first-order chi connectivity index (χ1) is 15.5. The van der Waals surface area contributed by atoms with Gasteiger partial charge in [-0.2, -0.15) is 0 Å². The highest BCUT2D eigenvalue weighted by atomic mass is 32.1. The number of thiophene rings is 1. The van der Waals surface area contributed by atoms with Gasteiger partial charge in [0.1, 0.15) is 5.82 Å². The molecule has 2 fully saturated rings. The zero-order chi connectivity index (χ0) is 22.5. The second-order valence-electron chi connectivity index (χ2n) is 8.22. The first-order valence-corrected chi connectivity index (χ1v) is 11.8. The third-order valence-corrected chi connectivity index (χ3v) is 6.83. The molecule has 4 rings (SSSR count). The maximum absolute atomic E-state index is 13.1. The van der Waals surface area contributed by atoms with Gasteiger partial charge in [-0.15, -0.1) is 11.3 Å². The normalized spacial score (nSPS) is 19.6. The molecule has 1 atom stereocenters. The van der Waals surface area contributed by atoms with Crippen LogP contribution in [0.25, 0.3) is 0 Å². The predicted octanol–water partition coefficient (Wildman–Crippen LogP) is 2.52. The van der Waals surface area contributed by atoms with E-state index in [4.69, 9.17) is 0 Å². The van der Waals surface area contributed by atoms with E-state index in [-0.39, 0.29) is 36.0 Å². The Kier molecular flexibility index (Phi) is 7.16. The van der Waals surface area contributed by atoms with Crippen molar-refractivity contribution in [2.75, 3.05) is 51.1 Å². The average molecular weight is 459 g/mol. The molecule has 0 aliphatic carbocycles. The number of likely N-dealkylation sites (tertiary alicyclic amines) is 1. The standard InChI is InChI=1S/C23H27FN4O3S/c24-18-5-7-19(8-6-18)25-21(29)16-26-10-12-27(13-11-26)22(30)17-3-1-9-28(15-17)23(31)20-4-2-14-32-20/h2,4-8,14,17H,1,3,9-13,15-16H2,(H,25,29). The summed E-state index contributed by atoms with van der Waals surface area (Å²) in [5.74, 6) is -0.563. The number of halogens is 1. The van der Waals surface area contributed by atoms with E-state index in [2.05, 4.69) is 5.32 Å². The minimum absolute atomic E-state index is 0.00878. The number of benzene rings is 1. The summed E-state index contributed by atoms with van der Waals surface area (Å²) in [6, 6.07) is 9.36. The molecular weight excluding hydrogens is 431 g/mol. The maximum Gasteiger partial charge on any atom is 0.263 e. The van der Waals surface area contributed by atoms with Crippen molar-refractivity contribution < 1.29 is 18.8 Å². The average Bonchev–Trinajstić information content (AvgIpc) is 3.35. The summed E-state index contributed by atoms with van der Waals surface area (Å²) >= 11 is 1.43. The minimum Gasteiger partial charge on any atom is -0.340 e. The molecule has 0 saturated carbocycles. The summed E-state index contributed by atoms with van der Waals surface area (Å²) in [6.07, 6.45) is 1.63. The fourth-order valence-electron chi connectivity index (χ4n) is 4.24. The number of nitrogens with one attached hydrogen (secondary N) is 1. The highest BCUT2D eigenvalue weighted by molar-refractivity contribution is 7.12. The van der Waals surface area contributed by atoms with Crippen LogP contribution in [0.4, 0.5) is 10.1 Å². The molecule has 0 radical (unpaired) electrons. The fraction of sp³-hybridized carbons (Fsp3) is 0.435. The number of carbonyl (C=O) groups is 3. The Morgan fingerprint density at radius 3 is 2.44 bits per heavy atom. The Hall–Kier alpha value is -2.78. The Morgan fingerprint density at radius 2 is 1.75 bits per heavy atom. The molecule has 9 heteroatoms. The number of hydrogen-bond donors (Lipinski definition) is 1. The van der Waals surface area contributed by atoms with Crippen LogP contribution in [0.1, 0.15) is 22.5 Å². The number of anilines is 1. The third kappa shape index (κ3) is 5.52. The summed E-state index contributed by atoms with van der Waals surface area (Å²) in [7, 11) is 0. The molecule has 2 aliphatic rings. The van der Waals surface area contributed by atoms with Crippen molar-refractivity contribution >= 4 is 34.7 Å². The lowest BCUT2D eigenvalue weighted by molar-refractivity contribution is -0.138. The van der Waals surface area contributed by atoms with E-state index in [1.807, 2.05) is 27.3 Å². The van der Waals surface area contributed by atoms with Gasteiger partial charge in [-0.25, -0.2) is 4.39 Å². The quantitative estimate of drug-likeness (QED) is 0.748. The van der Waals surface area contributed by atoms with Gasteiger partial charge in [0.25, 0.3) is 5.91 Å². The first-order valence-electron chi connectivity index (χ1n) is 10.9. The van der Waals surface area contributed by atoms with Crippen molar-refractivity contribution in [1.29, 1.82) is 0 Å². The summed E-state index contributed by atoms with van der Waals surface area (Å²) in [5, 5.41) is 4.65. The molecular formula is C23H27FN4O3S. The van der Waals surface area contributed by atoms with Gasteiger partial charge in [0.2, 0.25) is 11.8 Å². The molecule has 2 aromatic rings. The zero-order valence-electron chi connectivity index (χ0n) is 17.8. The van der Waals surface area contributed by atoms with Gasteiger partial charge in [0.15, 0.2) is 0 Å². The maximum atomic E-state index is 13.1. The molecule has 170 valence electrons.